The molecular weight excluding hydrogens is 326 g/mol. The summed E-state index contributed by atoms with van der Waals surface area (Å²) in [4.78, 5) is 18.8. The summed E-state index contributed by atoms with van der Waals surface area (Å²) < 4.78 is 13.3. The third-order valence-corrected chi connectivity index (χ3v) is 5.51. The summed E-state index contributed by atoms with van der Waals surface area (Å²) in [6.45, 7) is 11.2. The van der Waals surface area contributed by atoms with E-state index >= 15 is 0 Å². The van der Waals surface area contributed by atoms with Crippen molar-refractivity contribution >= 4 is 17.6 Å². The molecular formula is C17H29N3O3S. The van der Waals surface area contributed by atoms with E-state index in [-0.39, 0.29) is 11.1 Å². The molecule has 0 radical (unpaired) electrons. The number of hydrogen-bond acceptors (Lipinski definition) is 6. The van der Waals surface area contributed by atoms with E-state index < -0.39 is 5.72 Å². The molecule has 1 aliphatic rings. The first-order valence-corrected chi connectivity index (χ1v) is 9.81. The number of unbranched alkanes of at least 4 members (excludes halogenated alkanes) is 1. The van der Waals surface area contributed by atoms with E-state index in [0.717, 1.165) is 38.4 Å². The van der Waals surface area contributed by atoms with Crippen LogP contribution in [-0.4, -0.2) is 47.0 Å². The van der Waals surface area contributed by atoms with Gasteiger partial charge in [-0.1, -0.05) is 13.3 Å². The Labute approximate surface area is 148 Å². The van der Waals surface area contributed by atoms with Crippen molar-refractivity contribution in [1.82, 2.24) is 9.55 Å². The zero-order chi connectivity index (χ0) is 17.6. The van der Waals surface area contributed by atoms with Gasteiger partial charge >= 0.3 is 5.69 Å². The Kier molecular flexibility index (Phi) is 7.13. The van der Waals surface area contributed by atoms with Crippen LogP contribution in [0.4, 0.5) is 5.82 Å². The van der Waals surface area contributed by atoms with Gasteiger partial charge in [-0.15, -0.1) is 11.8 Å². The lowest BCUT2D eigenvalue weighted by Crippen LogP contribution is -2.42. The SMILES string of the molecule is CCCCOC[C@H]1OC(C)(n2ccc(N(CC)CC)nc2=O)CS1. The maximum Gasteiger partial charge on any atom is 0.351 e. The summed E-state index contributed by atoms with van der Waals surface area (Å²) >= 11 is 1.69. The van der Waals surface area contributed by atoms with Crippen LogP contribution in [0.3, 0.4) is 0 Å². The third-order valence-electron chi connectivity index (χ3n) is 4.20. The van der Waals surface area contributed by atoms with Gasteiger partial charge in [-0.2, -0.15) is 4.98 Å². The molecule has 2 atom stereocenters. The van der Waals surface area contributed by atoms with Crippen molar-refractivity contribution in [2.45, 2.75) is 51.7 Å². The molecule has 1 aromatic rings. The van der Waals surface area contributed by atoms with Gasteiger partial charge in [0.05, 0.1) is 6.61 Å². The summed E-state index contributed by atoms with van der Waals surface area (Å²) in [5, 5.41) is 0. The standard InChI is InChI=1S/C17H29N3O3S/c1-5-8-11-22-12-15-23-17(4,13-24-15)20-10-9-14(18-16(20)21)19(6-2)7-3/h9-10,15H,5-8,11-13H2,1-4H3/t15-,17?/m0/s1. The van der Waals surface area contributed by atoms with Crippen LogP contribution in [0.2, 0.25) is 0 Å². The van der Waals surface area contributed by atoms with Crippen LogP contribution < -0.4 is 10.6 Å². The molecule has 0 aromatic carbocycles. The molecule has 1 saturated heterocycles. The summed E-state index contributed by atoms with van der Waals surface area (Å²) in [6.07, 6.45) is 3.98. The molecule has 136 valence electrons. The molecule has 1 aliphatic heterocycles. The molecule has 7 heteroatoms. The van der Waals surface area contributed by atoms with E-state index in [1.165, 1.54) is 0 Å². The molecule has 0 bridgehead atoms. The van der Waals surface area contributed by atoms with Crippen LogP contribution in [0.15, 0.2) is 17.1 Å². The van der Waals surface area contributed by atoms with Gasteiger partial charge in [0, 0.05) is 31.6 Å². The predicted molar refractivity (Wildman–Crippen MR) is 98.8 cm³/mol. The number of hydrogen-bond donors (Lipinski definition) is 0. The minimum absolute atomic E-state index is 0.0405. The van der Waals surface area contributed by atoms with Gasteiger partial charge in [0.1, 0.15) is 11.3 Å². The highest BCUT2D eigenvalue weighted by Crippen LogP contribution is 2.36. The minimum atomic E-state index is -0.671. The highest BCUT2D eigenvalue weighted by Gasteiger charge is 2.39. The lowest BCUT2D eigenvalue weighted by Gasteiger charge is -2.27. The Balaban J connectivity index is 2.04. The number of rotatable bonds is 9. The molecule has 2 heterocycles. The van der Waals surface area contributed by atoms with Crippen molar-refractivity contribution in [3.8, 4) is 0 Å². The number of ether oxygens (including phenoxy) is 2. The average Bonchev–Trinajstić information content (AvgIpc) is 2.95. The van der Waals surface area contributed by atoms with Crippen molar-refractivity contribution < 1.29 is 9.47 Å². The lowest BCUT2D eigenvalue weighted by atomic mass is 10.3. The molecule has 0 amide bonds. The van der Waals surface area contributed by atoms with Gasteiger partial charge in [0.25, 0.3) is 0 Å². The number of thioether (sulfide) groups is 1. The minimum Gasteiger partial charge on any atom is -0.378 e. The Bertz CT molecular complexity index is 576. The van der Waals surface area contributed by atoms with Gasteiger partial charge in [0.15, 0.2) is 5.72 Å². The van der Waals surface area contributed by atoms with Gasteiger partial charge in [-0.3, -0.25) is 4.57 Å². The van der Waals surface area contributed by atoms with E-state index in [1.807, 2.05) is 13.0 Å². The molecule has 24 heavy (non-hydrogen) atoms. The second kappa shape index (κ2) is 8.87. The van der Waals surface area contributed by atoms with Crippen LogP contribution in [-0.2, 0) is 15.2 Å². The Morgan fingerprint density at radius 2 is 2.21 bits per heavy atom. The summed E-state index contributed by atoms with van der Waals surface area (Å²) in [5.41, 5.74) is -0.980. The maximum atomic E-state index is 12.5. The van der Waals surface area contributed by atoms with Crippen LogP contribution >= 0.6 is 11.8 Å². The van der Waals surface area contributed by atoms with E-state index in [0.29, 0.717) is 12.4 Å². The van der Waals surface area contributed by atoms with Gasteiger partial charge in [-0.05, 0) is 33.3 Å². The van der Waals surface area contributed by atoms with Crippen molar-refractivity contribution in [2.75, 3.05) is 37.0 Å². The summed E-state index contributed by atoms with van der Waals surface area (Å²) in [6, 6.07) is 1.89. The van der Waals surface area contributed by atoms with Crippen molar-refractivity contribution in [2.24, 2.45) is 0 Å². The van der Waals surface area contributed by atoms with Crippen LogP contribution in [0.1, 0.15) is 40.5 Å². The Morgan fingerprint density at radius 3 is 2.83 bits per heavy atom. The van der Waals surface area contributed by atoms with Crippen LogP contribution in [0.5, 0.6) is 0 Å². The fraction of sp³-hybridized carbons (Fsp3) is 0.765. The second-order valence-corrected chi connectivity index (χ2v) is 7.22. The van der Waals surface area contributed by atoms with E-state index in [9.17, 15) is 4.79 Å². The van der Waals surface area contributed by atoms with Gasteiger partial charge < -0.3 is 14.4 Å². The Hall–Kier alpha value is -1.05. The van der Waals surface area contributed by atoms with Crippen molar-refractivity contribution in [3.63, 3.8) is 0 Å². The highest BCUT2D eigenvalue weighted by atomic mass is 32.2. The average molecular weight is 356 g/mol. The first kappa shape index (κ1) is 19.3. The normalized spacial score (nSPS) is 23.6. The van der Waals surface area contributed by atoms with Gasteiger partial charge in [0.2, 0.25) is 0 Å². The first-order valence-electron chi connectivity index (χ1n) is 8.76. The molecule has 0 saturated carbocycles. The highest BCUT2D eigenvalue weighted by molar-refractivity contribution is 8.00. The molecule has 1 aromatic heterocycles. The van der Waals surface area contributed by atoms with Crippen LogP contribution in [0.25, 0.3) is 0 Å². The summed E-state index contributed by atoms with van der Waals surface area (Å²) in [5.74, 6) is 1.43. The summed E-state index contributed by atoms with van der Waals surface area (Å²) in [7, 11) is 0. The zero-order valence-electron chi connectivity index (χ0n) is 15.2. The molecule has 2 rings (SSSR count). The molecule has 1 fully saturated rings. The first-order chi connectivity index (χ1) is 11.5. The lowest BCUT2D eigenvalue weighted by molar-refractivity contribution is -0.0956. The van der Waals surface area contributed by atoms with Gasteiger partial charge in [-0.25, -0.2) is 4.79 Å². The van der Waals surface area contributed by atoms with Crippen molar-refractivity contribution in [1.29, 1.82) is 0 Å². The van der Waals surface area contributed by atoms with Crippen molar-refractivity contribution in [3.05, 3.63) is 22.7 Å². The molecule has 1 unspecified atom stereocenters. The largest absolute Gasteiger partial charge is 0.378 e. The topological polar surface area (TPSA) is 56.6 Å². The fourth-order valence-corrected chi connectivity index (χ4v) is 3.88. The van der Waals surface area contributed by atoms with E-state index in [2.05, 4.69) is 30.7 Å². The fourth-order valence-electron chi connectivity index (χ4n) is 2.71. The number of anilines is 1. The molecule has 0 N–H and O–H groups in total. The number of nitrogens with zero attached hydrogens (tertiary/aromatic N) is 3. The monoisotopic (exact) mass is 355 g/mol. The maximum absolute atomic E-state index is 12.5. The third kappa shape index (κ3) is 4.52. The van der Waals surface area contributed by atoms with E-state index in [4.69, 9.17) is 9.47 Å². The number of aromatic nitrogens is 2. The van der Waals surface area contributed by atoms with Crippen LogP contribution in [0, 0.1) is 0 Å². The second-order valence-electron chi connectivity index (χ2n) is 6.07. The zero-order valence-corrected chi connectivity index (χ0v) is 16.0. The Morgan fingerprint density at radius 1 is 1.46 bits per heavy atom. The molecule has 6 nitrogen and oxygen atoms in total. The quantitative estimate of drug-likeness (QED) is 0.635. The van der Waals surface area contributed by atoms with E-state index in [1.54, 1.807) is 22.5 Å². The molecule has 0 spiro atoms. The smallest absolute Gasteiger partial charge is 0.351 e. The molecule has 0 aliphatic carbocycles. The predicted octanol–water partition coefficient (Wildman–Crippen LogP) is 2.67.